The summed E-state index contributed by atoms with van der Waals surface area (Å²) in [5.74, 6) is 0. The van der Waals surface area contributed by atoms with Gasteiger partial charge in [-0.25, -0.2) is 0 Å². The molecule has 0 aromatic heterocycles. The van der Waals surface area contributed by atoms with Crippen LogP contribution in [0.5, 0.6) is 0 Å². The zero-order chi connectivity index (χ0) is 10.2. The fraction of sp³-hybridized carbons (Fsp3) is 1.00. The summed E-state index contributed by atoms with van der Waals surface area (Å²) in [6, 6.07) is 0. The van der Waals surface area contributed by atoms with Crippen molar-refractivity contribution in [1.82, 2.24) is 4.90 Å². The van der Waals surface area contributed by atoms with Crippen molar-refractivity contribution in [2.24, 2.45) is 0 Å². The SMILES string of the molecule is CC(C)(C)OC1(CN2CCCC2)CC1. The summed E-state index contributed by atoms with van der Waals surface area (Å²) < 4.78 is 6.16. The van der Waals surface area contributed by atoms with E-state index in [1.165, 1.54) is 45.3 Å². The number of rotatable bonds is 3. The van der Waals surface area contributed by atoms with Gasteiger partial charge in [-0.3, -0.25) is 0 Å². The van der Waals surface area contributed by atoms with Crippen LogP contribution in [0.4, 0.5) is 0 Å². The fourth-order valence-electron chi connectivity index (χ4n) is 2.43. The summed E-state index contributed by atoms with van der Waals surface area (Å²) in [7, 11) is 0. The van der Waals surface area contributed by atoms with Crippen molar-refractivity contribution in [3.05, 3.63) is 0 Å². The van der Waals surface area contributed by atoms with Gasteiger partial charge in [0.05, 0.1) is 11.2 Å². The summed E-state index contributed by atoms with van der Waals surface area (Å²) in [5.41, 5.74) is 0.249. The molecule has 0 radical (unpaired) electrons. The van der Waals surface area contributed by atoms with Crippen LogP contribution in [0.15, 0.2) is 0 Å². The van der Waals surface area contributed by atoms with E-state index in [-0.39, 0.29) is 11.2 Å². The zero-order valence-corrected chi connectivity index (χ0v) is 9.81. The highest BCUT2D eigenvalue weighted by molar-refractivity contribution is 5.00. The Hall–Kier alpha value is -0.0800. The normalized spacial score (nSPS) is 26.8. The minimum absolute atomic E-state index is 0.0240. The average Bonchev–Trinajstić information content (AvgIpc) is 2.60. The second kappa shape index (κ2) is 3.49. The molecule has 0 atom stereocenters. The van der Waals surface area contributed by atoms with Crippen molar-refractivity contribution < 1.29 is 4.74 Å². The first-order valence-corrected chi connectivity index (χ1v) is 5.92. The molecule has 0 amide bonds. The topological polar surface area (TPSA) is 12.5 Å². The maximum Gasteiger partial charge on any atom is 0.0818 e. The number of hydrogen-bond donors (Lipinski definition) is 0. The van der Waals surface area contributed by atoms with E-state index in [4.69, 9.17) is 4.74 Å². The maximum atomic E-state index is 6.16. The van der Waals surface area contributed by atoms with E-state index in [9.17, 15) is 0 Å². The lowest BCUT2D eigenvalue weighted by molar-refractivity contribution is -0.0861. The average molecular weight is 197 g/mol. The third kappa shape index (κ3) is 2.71. The third-order valence-electron chi connectivity index (χ3n) is 3.04. The standard InChI is InChI=1S/C12H23NO/c1-11(2,3)14-12(6-7-12)10-13-8-4-5-9-13/h4-10H2,1-3H3. The molecule has 0 aromatic carbocycles. The molecule has 0 aromatic rings. The Kier molecular flexibility index (Phi) is 2.61. The monoisotopic (exact) mass is 197 g/mol. The van der Waals surface area contributed by atoms with Gasteiger partial charge in [-0.15, -0.1) is 0 Å². The molecule has 2 aliphatic rings. The first kappa shape index (κ1) is 10.4. The summed E-state index contributed by atoms with van der Waals surface area (Å²) >= 11 is 0. The Morgan fingerprint density at radius 3 is 2.14 bits per heavy atom. The fourth-order valence-corrected chi connectivity index (χ4v) is 2.43. The van der Waals surface area contributed by atoms with Crippen molar-refractivity contribution in [3.8, 4) is 0 Å². The first-order valence-electron chi connectivity index (χ1n) is 5.92. The van der Waals surface area contributed by atoms with E-state index in [2.05, 4.69) is 25.7 Å². The summed E-state index contributed by atoms with van der Waals surface area (Å²) in [6.07, 6.45) is 5.29. The molecule has 1 aliphatic carbocycles. The van der Waals surface area contributed by atoms with Crippen LogP contribution in [-0.4, -0.2) is 35.7 Å². The minimum Gasteiger partial charge on any atom is -0.368 e. The molecule has 0 spiro atoms. The Morgan fingerprint density at radius 1 is 1.14 bits per heavy atom. The molecule has 14 heavy (non-hydrogen) atoms. The Labute approximate surface area is 87.6 Å². The van der Waals surface area contributed by atoms with Gasteiger partial charge in [0, 0.05) is 6.54 Å². The van der Waals surface area contributed by atoms with E-state index in [1.54, 1.807) is 0 Å². The van der Waals surface area contributed by atoms with Crippen LogP contribution >= 0.6 is 0 Å². The van der Waals surface area contributed by atoms with Gasteiger partial charge in [-0.05, 0) is 59.5 Å². The number of nitrogens with zero attached hydrogens (tertiary/aromatic N) is 1. The lowest BCUT2D eigenvalue weighted by Crippen LogP contribution is -2.38. The highest BCUT2D eigenvalue weighted by atomic mass is 16.5. The molecule has 0 bridgehead atoms. The van der Waals surface area contributed by atoms with Gasteiger partial charge in [-0.1, -0.05) is 0 Å². The van der Waals surface area contributed by atoms with Crippen molar-refractivity contribution in [2.75, 3.05) is 19.6 Å². The van der Waals surface area contributed by atoms with Gasteiger partial charge in [-0.2, -0.15) is 0 Å². The third-order valence-corrected chi connectivity index (χ3v) is 3.04. The highest BCUT2D eigenvalue weighted by Gasteiger charge is 2.47. The van der Waals surface area contributed by atoms with Crippen molar-refractivity contribution >= 4 is 0 Å². The number of likely N-dealkylation sites (tertiary alicyclic amines) is 1. The van der Waals surface area contributed by atoms with Crippen LogP contribution in [0.1, 0.15) is 46.5 Å². The number of hydrogen-bond acceptors (Lipinski definition) is 2. The lowest BCUT2D eigenvalue weighted by Gasteiger charge is -2.30. The minimum atomic E-state index is 0.0240. The van der Waals surface area contributed by atoms with E-state index in [0.717, 1.165) is 0 Å². The molecule has 82 valence electrons. The molecule has 0 unspecified atom stereocenters. The van der Waals surface area contributed by atoms with Crippen molar-refractivity contribution in [2.45, 2.75) is 57.7 Å². The second-order valence-electron chi connectivity index (χ2n) is 5.88. The summed E-state index contributed by atoms with van der Waals surface area (Å²) in [4.78, 5) is 2.57. The van der Waals surface area contributed by atoms with Gasteiger partial charge in [0.1, 0.15) is 0 Å². The van der Waals surface area contributed by atoms with Crippen LogP contribution in [0, 0.1) is 0 Å². The molecule has 0 N–H and O–H groups in total. The van der Waals surface area contributed by atoms with Crippen LogP contribution in [-0.2, 0) is 4.74 Å². The zero-order valence-electron chi connectivity index (χ0n) is 9.81. The molecule has 2 fully saturated rings. The van der Waals surface area contributed by atoms with Crippen molar-refractivity contribution in [1.29, 1.82) is 0 Å². The number of ether oxygens (including phenoxy) is 1. The predicted octanol–water partition coefficient (Wildman–Crippen LogP) is 2.43. The highest BCUT2D eigenvalue weighted by Crippen LogP contribution is 2.43. The molecule has 2 rings (SSSR count). The second-order valence-corrected chi connectivity index (χ2v) is 5.88. The van der Waals surface area contributed by atoms with Crippen LogP contribution < -0.4 is 0 Å². The van der Waals surface area contributed by atoms with E-state index >= 15 is 0 Å². The molecule has 2 heteroatoms. The van der Waals surface area contributed by atoms with E-state index in [1.807, 2.05) is 0 Å². The Bertz CT molecular complexity index is 197. The molecule has 1 heterocycles. The summed E-state index contributed by atoms with van der Waals surface area (Å²) in [6.45, 7) is 10.2. The first-order chi connectivity index (χ1) is 6.49. The smallest absolute Gasteiger partial charge is 0.0818 e. The van der Waals surface area contributed by atoms with Gasteiger partial charge in [0.25, 0.3) is 0 Å². The largest absolute Gasteiger partial charge is 0.368 e. The molecular weight excluding hydrogens is 174 g/mol. The van der Waals surface area contributed by atoms with Crippen LogP contribution in [0.3, 0.4) is 0 Å². The van der Waals surface area contributed by atoms with Crippen LogP contribution in [0.25, 0.3) is 0 Å². The summed E-state index contributed by atoms with van der Waals surface area (Å²) in [5, 5.41) is 0. The van der Waals surface area contributed by atoms with Gasteiger partial charge in [0.15, 0.2) is 0 Å². The molecular formula is C12H23NO. The van der Waals surface area contributed by atoms with Gasteiger partial charge in [0.2, 0.25) is 0 Å². The van der Waals surface area contributed by atoms with Crippen LogP contribution in [0.2, 0.25) is 0 Å². The van der Waals surface area contributed by atoms with Gasteiger partial charge < -0.3 is 9.64 Å². The Balaban J connectivity index is 1.83. The molecule has 2 nitrogen and oxygen atoms in total. The molecule has 1 aliphatic heterocycles. The lowest BCUT2D eigenvalue weighted by atomic mass is 10.1. The molecule has 1 saturated heterocycles. The predicted molar refractivity (Wildman–Crippen MR) is 58.5 cm³/mol. The van der Waals surface area contributed by atoms with E-state index in [0.29, 0.717) is 0 Å². The van der Waals surface area contributed by atoms with E-state index < -0.39 is 0 Å². The maximum absolute atomic E-state index is 6.16. The quantitative estimate of drug-likeness (QED) is 0.689. The molecule has 1 saturated carbocycles. The Morgan fingerprint density at radius 2 is 1.71 bits per heavy atom. The van der Waals surface area contributed by atoms with Crippen molar-refractivity contribution in [3.63, 3.8) is 0 Å². The van der Waals surface area contributed by atoms with Gasteiger partial charge >= 0.3 is 0 Å².